The molecule has 2 heterocycles. The van der Waals surface area contributed by atoms with Crippen LogP contribution in [0.25, 0.3) is 5.69 Å². The number of halogens is 3. The standard InChI is InChI=1S/C17H13F3N4/c18-17(19,20)16-12(10-13-6-4-5-9-15(21)22-13)11-24(23-16)14-7-2-1-3-8-14/h1-9,11,21H,10H2/p+1. The van der Waals surface area contributed by atoms with Crippen molar-refractivity contribution in [3.05, 3.63) is 83.2 Å². The van der Waals surface area contributed by atoms with Crippen molar-refractivity contribution in [3.8, 4) is 5.69 Å². The quantitative estimate of drug-likeness (QED) is 0.799. The van der Waals surface area contributed by atoms with Crippen LogP contribution in [0, 0.1) is 5.41 Å². The summed E-state index contributed by atoms with van der Waals surface area (Å²) >= 11 is 0. The SMILES string of the molecule is N=c1ccccc(Cc2cn(-c3ccccc3)nc2C(F)(F)F)n1.[H+]. The maximum Gasteiger partial charge on any atom is 1.00 e. The average molecular weight is 331 g/mol. The number of aromatic nitrogens is 3. The molecule has 0 atom stereocenters. The molecule has 0 amide bonds. The molecule has 0 saturated heterocycles. The first-order chi connectivity index (χ1) is 11.4. The predicted molar refractivity (Wildman–Crippen MR) is 82.6 cm³/mol. The Morgan fingerprint density at radius 3 is 2.38 bits per heavy atom. The molecular weight excluding hydrogens is 317 g/mol. The highest BCUT2D eigenvalue weighted by Gasteiger charge is 2.37. The van der Waals surface area contributed by atoms with E-state index in [1.807, 2.05) is 0 Å². The molecule has 4 nitrogen and oxygen atoms in total. The molecule has 3 rings (SSSR count). The van der Waals surface area contributed by atoms with Gasteiger partial charge in [-0.1, -0.05) is 30.3 Å². The van der Waals surface area contributed by atoms with Crippen LogP contribution in [0.3, 0.4) is 0 Å². The smallest absolute Gasteiger partial charge is 0.283 e. The summed E-state index contributed by atoms with van der Waals surface area (Å²) < 4.78 is 41.1. The first-order valence-electron chi connectivity index (χ1n) is 7.15. The topological polar surface area (TPSA) is 54.6 Å². The van der Waals surface area contributed by atoms with Gasteiger partial charge in [-0.25, -0.2) is 9.67 Å². The van der Waals surface area contributed by atoms with Gasteiger partial charge in [-0.05, 0) is 24.3 Å². The predicted octanol–water partition coefficient (Wildman–Crippen LogP) is 3.47. The van der Waals surface area contributed by atoms with Gasteiger partial charge in [0.2, 0.25) is 0 Å². The summed E-state index contributed by atoms with van der Waals surface area (Å²) in [6.07, 6.45) is -3.26. The molecule has 0 aliphatic heterocycles. The Kier molecular flexibility index (Phi) is 4.16. The zero-order valence-corrected chi connectivity index (χ0v) is 12.5. The number of para-hydroxylation sites is 1. The molecule has 0 aliphatic rings. The van der Waals surface area contributed by atoms with E-state index in [1.54, 1.807) is 48.5 Å². The number of rotatable bonds is 3. The Labute approximate surface area is 137 Å². The number of benzene rings is 1. The van der Waals surface area contributed by atoms with E-state index in [0.717, 1.165) is 0 Å². The summed E-state index contributed by atoms with van der Waals surface area (Å²) in [5, 5.41) is 11.3. The van der Waals surface area contributed by atoms with Gasteiger partial charge in [-0.3, -0.25) is 5.41 Å². The van der Waals surface area contributed by atoms with E-state index >= 15 is 0 Å². The number of nitrogens with zero attached hydrogens (tertiary/aromatic N) is 3. The lowest BCUT2D eigenvalue weighted by Crippen LogP contribution is -2.11. The van der Waals surface area contributed by atoms with Crippen molar-refractivity contribution in [1.82, 2.24) is 14.8 Å². The van der Waals surface area contributed by atoms with Crippen molar-refractivity contribution in [2.75, 3.05) is 0 Å². The van der Waals surface area contributed by atoms with Gasteiger partial charge >= 0.3 is 7.60 Å². The minimum Gasteiger partial charge on any atom is -0.283 e. The number of hydrogen-bond donors (Lipinski definition) is 1. The van der Waals surface area contributed by atoms with Crippen molar-refractivity contribution in [1.29, 1.82) is 5.41 Å². The highest BCUT2D eigenvalue weighted by molar-refractivity contribution is 5.34. The molecule has 2 aromatic heterocycles. The molecule has 0 saturated carbocycles. The highest BCUT2D eigenvalue weighted by Crippen LogP contribution is 2.32. The third-order valence-corrected chi connectivity index (χ3v) is 3.37. The summed E-state index contributed by atoms with van der Waals surface area (Å²) in [4.78, 5) is 4.00. The second-order valence-electron chi connectivity index (χ2n) is 5.16. The normalized spacial score (nSPS) is 11.5. The van der Waals surface area contributed by atoms with E-state index in [4.69, 9.17) is 5.41 Å². The van der Waals surface area contributed by atoms with Crippen LogP contribution in [-0.4, -0.2) is 14.8 Å². The first kappa shape index (κ1) is 15.9. The van der Waals surface area contributed by atoms with E-state index < -0.39 is 11.9 Å². The van der Waals surface area contributed by atoms with Crippen molar-refractivity contribution in [2.24, 2.45) is 0 Å². The third kappa shape index (κ3) is 3.51. The van der Waals surface area contributed by atoms with Crippen LogP contribution in [0.4, 0.5) is 13.2 Å². The first-order valence-corrected chi connectivity index (χ1v) is 7.15. The van der Waals surface area contributed by atoms with Gasteiger partial charge in [0.05, 0.1) is 5.69 Å². The van der Waals surface area contributed by atoms with E-state index in [1.165, 1.54) is 16.9 Å². The molecule has 0 spiro atoms. The number of hydrogen-bond acceptors (Lipinski definition) is 3. The molecule has 0 fully saturated rings. The minimum atomic E-state index is -4.56. The van der Waals surface area contributed by atoms with Gasteiger partial charge in [0.25, 0.3) is 0 Å². The monoisotopic (exact) mass is 331 g/mol. The molecule has 122 valence electrons. The summed E-state index contributed by atoms with van der Waals surface area (Å²) in [5.74, 6) is 0. The van der Waals surface area contributed by atoms with E-state index in [2.05, 4.69) is 10.1 Å². The van der Waals surface area contributed by atoms with Crippen LogP contribution in [0.5, 0.6) is 0 Å². The second kappa shape index (κ2) is 6.27. The second-order valence-corrected chi connectivity index (χ2v) is 5.16. The van der Waals surface area contributed by atoms with Gasteiger partial charge < -0.3 is 0 Å². The molecule has 7 heteroatoms. The van der Waals surface area contributed by atoms with Crippen LogP contribution in [0.15, 0.2) is 60.8 Å². The lowest BCUT2D eigenvalue weighted by atomic mass is 10.1. The van der Waals surface area contributed by atoms with Crippen molar-refractivity contribution >= 4 is 0 Å². The van der Waals surface area contributed by atoms with Gasteiger partial charge in [0.15, 0.2) is 5.69 Å². The van der Waals surface area contributed by atoms with Crippen LogP contribution >= 0.6 is 0 Å². The average Bonchev–Trinajstić information content (AvgIpc) is 2.85. The zero-order valence-electron chi connectivity index (χ0n) is 13.5. The zero-order chi connectivity index (χ0) is 17.2. The Bertz CT molecular complexity index is 908. The van der Waals surface area contributed by atoms with Gasteiger partial charge in [-0.2, -0.15) is 18.3 Å². The van der Waals surface area contributed by atoms with Crippen LogP contribution in [-0.2, 0) is 12.6 Å². The molecule has 1 N–H and O–H groups in total. The highest BCUT2D eigenvalue weighted by atomic mass is 19.4. The number of alkyl halides is 3. The molecule has 0 bridgehead atoms. The maximum absolute atomic E-state index is 13.3. The molecule has 1 aromatic carbocycles. The maximum atomic E-state index is 13.3. The Morgan fingerprint density at radius 1 is 1.00 bits per heavy atom. The van der Waals surface area contributed by atoms with Crippen LogP contribution < -0.4 is 5.49 Å². The van der Waals surface area contributed by atoms with Gasteiger partial charge in [0, 0.05) is 23.9 Å². The summed E-state index contributed by atoms with van der Waals surface area (Å²) in [7, 11) is 0. The summed E-state index contributed by atoms with van der Waals surface area (Å²) in [6.45, 7) is 0. The fourth-order valence-corrected chi connectivity index (χ4v) is 2.33. The summed E-state index contributed by atoms with van der Waals surface area (Å²) in [5.41, 5.74) is -0.000212. The van der Waals surface area contributed by atoms with Crippen molar-refractivity contribution in [3.63, 3.8) is 0 Å². The Balaban J connectivity index is 0.00000225. The molecule has 0 unspecified atom stereocenters. The van der Waals surface area contributed by atoms with E-state index in [-0.39, 0.29) is 18.9 Å². The minimum absolute atomic E-state index is 0. The molecule has 0 radical (unpaired) electrons. The van der Waals surface area contributed by atoms with E-state index in [9.17, 15) is 13.2 Å². The van der Waals surface area contributed by atoms with E-state index in [0.29, 0.717) is 11.4 Å². The molecular formula is C17H14F3N4+. The Morgan fingerprint density at radius 2 is 1.67 bits per heavy atom. The third-order valence-electron chi connectivity index (χ3n) is 3.37. The lowest BCUT2D eigenvalue weighted by molar-refractivity contribution is -0.141. The van der Waals surface area contributed by atoms with Gasteiger partial charge in [-0.15, -0.1) is 0 Å². The molecule has 24 heavy (non-hydrogen) atoms. The van der Waals surface area contributed by atoms with Crippen LogP contribution in [0.2, 0.25) is 0 Å². The summed E-state index contributed by atoms with van der Waals surface area (Å²) in [6, 6.07) is 14.9. The molecule has 3 aromatic rings. The van der Waals surface area contributed by atoms with Gasteiger partial charge in [0.1, 0.15) is 5.49 Å². The largest absolute Gasteiger partial charge is 1.00 e. The fourth-order valence-electron chi connectivity index (χ4n) is 2.33. The van der Waals surface area contributed by atoms with Crippen LogP contribution in [0.1, 0.15) is 18.4 Å². The van der Waals surface area contributed by atoms with Crippen molar-refractivity contribution < 1.29 is 14.6 Å². The fraction of sp³-hybridized carbons (Fsp3) is 0.118. The Hall–Kier alpha value is -2.96. The number of nitrogens with one attached hydrogen (secondary N) is 1. The molecule has 0 aliphatic carbocycles. The lowest BCUT2D eigenvalue weighted by Gasteiger charge is -2.05. The van der Waals surface area contributed by atoms with Crippen molar-refractivity contribution in [2.45, 2.75) is 12.6 Å².